The average molecular weight is 237 g/mol. The van der Waals surface area contributed by atoms with E-state index in [9.17, 15) is 4.79 Å². The predicted molar refractivity (Wildman–Crippen MR) is 69.7 cm³/mol. The topological polar surface area (TPSA) is 29.1 Å². The van der Waals surface area contributed by atoms with E-state index in [0.717, 1.165) is 18.4 Å². The number of hydrogen-bond donors (Lipinski definition) is 1. The molecule has 0 saturated carbocycles. The fourth-order valence-electron chi connectivity index (χ4n) is 1.52. The molecule has 0 aliphatic heterocycles. The summed E-state index contributed by atoms with van der Waals surface area (Å²) in [6.07, 6.45) is 3.76. The van der Waals surface area contributed by atoms with Gasteiger partial charge in [-0.25, -0.2) is 0 Å². The molecule has 1 aromatic heterocycles. The van der Waals surface area contributed by atoms with E-state index in [4.69, 9.17) is 0 Å². The van der Waals surface area contributed by atoms with Crippen molar-refractivity contribution >= 4 is 17.2 Å². The van der Waals surface area contributed by atoms with Gasteiger partial charge >= 0.3 is 0 Å². The lowest BCUT2D eigenvalue weighted by atomic mass is 10.2. The lowest BCUT2D eigenvalue weighted by Gasteiger charge is -2.13. The summed E-state index contributed by atoms with van der Waals surface area (Å²) in [5.74, 6) is 0.0471. The molecule has 2 nitrogen and oxygen atoms in total. The van der Waals surface area contributed by atoms with Gasteiger partial charge in [-0.1, -0.05) is 19.1 Å². The van der Waals surface area contributed by atoms with Crippen molar-refractivity contribution in [1.29, 1.82) is 0 Å². The summed E-state index contributed by atoms with van der Waals surface area (Å²) in [4.78, 5) is 13.0. The molecule has 0 radical (unpaired) electrons. The van der Waals surface area contributed by atoms with Crippen LogP contribution in [0.5, 0.6) is 0 Å². The van der Waals surface area contributed by atoms with Gasteiger partial charge in [0.05, 0.1) is 0 Å². The van der Waals surface area contributed by atoms with Crippen LogP contribution < -0.4 is 5.32 Å². The van der Waals surface area contributed by atoms with E-state index in [1.807, 2.05) is 32.9 Å². The minimum absolute atomic E-state index is 0.0471. The molecular formula is C13H19NOS. The monoisotopic (exact) mass is 237 g/mol. The molecule has 0 saturated heterocycles. The first-order valence-electron chi connectivity index (χ1n) is 5.63. The van der Waals surface area contributed by atoms with Crippen LogP contribution in [-0.4, -0.2) is 11.9 Å². The Balaban J connectivity index is 2.42. The second-order valence-corrected chi connectivity index (χ2v) is 4.99. The Kier molecular flexibility index (Phi) is 5.26. The van der Waals surface area contributed by atoms with E-state index in [2.05, 4.69) is 16.8 Å². The highest BCUT2D eigenvalue weighted by molar-refractivity contribution is 7.09. The minimum Gasteiger partial charge on any atom is -0.350 e. The number of nitrogens with one attached hydrogen (secondary N) is 1. The van der Waals surface area contributed by atoms with Gasteiger partial charge in [0.2, 0.25) is 5.91 Å². The molecule has 0 bridgehead atoms. The molecule has 0 aliphatic rings. The molecule has 0 aliphatic carbocycles. The van der Waals surface area contributed by atoms with Crippen LogP contribution in [0.3, 0.4) is 0 Å². The van der Waals surface area contributed by atoms with E-state index < -0.39 is 0 Å². The molecule has 1 unspecified atom stereocenters. The Morgan fingerprint density at radius 1 is 1.62 bits per heavy atom. The number of carbonyl (C=O) groups excluding carboxylic acids is 1. The standard InChI is InChI=1S/C13H19NOS/c1-4-6-10(2)13(15)14-11(3)9-12-7-5-8-16-12/h5-8,11H,4,9H2,1-3H3,(H,14,15). The number of carbonyl (C=O) groups is 1. The minimum atomic E-state index is 0.0471. The van der Waals surface area contributed by atoms with Crippen molar-refractivity contribution in [3.05, 3.63) is 34.0 Å². The Bertz CT molecular complexity index is 354. The van der Waals surface area contributed by atoms with Crippen molar-refractivity contribution in [2.75, 3.05) is 0 Å². The Morgan fingerprint density at radius 2 is 2.38 bits per heavy atom. The quantitative estimate of drug-likeness (QED) is 0.783. The molecule has 1 N–H and O–H groups in total. The summed E-state index contributed by atoms with van der Waals surface area (Å²) in [6.45, 7) is 5.93. The van der Waals surface area contributed by atoms with Crippen LogP contribution in [0.25, 0.3) is 0 Å². The summed E-state index contributed by atoms with van der Waals surface area (Å²) in [5.41, 5.74) is 0.806. The summed E-state index contributed by atoms with van der Waals surface area (Å²) in [5, 5.41) is 5.06. The molecular weight excluding hydrogens is 218 g/mol. The van der Waals surface area contributed by atoms with Gasteiger partial charge in [0, 0.05) is 22.9 Å². The fraction of sp³-hybridized carbons (Fsp3) is 0.462. The van der Waals surface area contributed by atoms with E-state index in [0.29, 0.717) is 0 Å². The summed E-state index contributed by atoms with van der Waals surface area (Å²) < 4.78 is 0. The Labute approximate surface area is 101 Å². The normalized spacial score (nSPS) is 13.6. The molecule has 0 spiro atoms. The van der Waals surface area contributed by atoms with Crippen LogP contribution in [0.2, 0.25) is 0 Å². The van der Waals surface area contributed by atoms with Crippen molar-refractivity contribution in [3.8, 4) is 0 Å². The molecule has 1 rings (SSSR count). The van der Waals surface area contributed by atoms with Crippen molar-refractivity contribution < 1.29 is 4.79 Å². The molecule has 1 heterocycles. The van der Waals surface area contributed by atoms with Crippen molar-refractivity contribution in [3.63, 3.8) is 0 Å². The average Bonchev–Trinajstić information content (AvgIpc) is 2.70. The van der Waals surface area contributed by atoms with E-state index in [1.54, 1.807) is 11.3 Å². The van der Waals surface area contributed by atoms with Gasteiger partial charge in [0.1, 0.15) is 0 Å². The van der Waals surface area contributed by atoms with Crippen LogP contribution in [0.4, 0.5) is 0 Å². The van der Waals surface area contributed by atoms with Crippen LogP contribution in [0.1, 0.15) is 32.1 Å². The van der Waals surface area contributed by atoms with E-state index >= 15 is 0 Å². The second kappa shape index (κ2) is 6.48. The lowest BCUT2D eigenvalue weighted by Crippen LogP contribution is -2.34. The maximum absolute atomic E-state index is 11.7. The second-order valence-electron chi connectivity index (χ2n) is 3.95. The van der Waals surface area contributed by atoms with Gasteiger partial charge in [-0.15, -0.1) is 11.3 Å². The Morgan fingerprint density at radius 3 is 2.94 bits per heavy atom. The zero-order valence-corrected chi connectivity index (χ0v) is 10.9. The van der Waals surface area contributed by atoms with Crippen LogP contribution in [0, 0.1) is 0 Å². The molecule has 0 aromatic carbocycles. The van der Waals surface area contributed by atoms with Gasteiger partial charge in [-0.3, -0.25) is 4.79 Å². The first-order chi connectivity index (χ1) is 7.63. The SMILES string of the molecule is CCC=C(C)C(=O)NC(C)Cc1cccs1. The Hall–Kier alpha value is -1.09. The lowest BCUT2D eigenvalue weighted by molar-refractivity contribution is -0.118. The smallest absolute Gasteiger partial charge is 0.246 e. The number of thiophene rings is 1. The van der Waals surface area contributed by atoms with E-state index in [1.165, 1.54) is 4.88 Å². The fourth-order valence-corrected chi connectivity index (χ4v) is 2.35. The van der Waals surface area contributed by atoms with Crippen LogP contribution in [-0.2, 0) is 11.2 Å². The highest BCUT2D eigenvalue weighted by Crippen LogP contribution is 2.11. The third kappa shape index (κ3) is 4.19. The van der Waals surface area contributed by atoms with Crippen molar-refractivity contribution in [2.45, 2.75) is 39.7 Å². The van der Waals surface area contributed by atoms with Crippen molar-refractivity contribution in [2.24, 2.45) is 0 Å². The molecule has 1 amide bonds. The third-order valence-corrected chi connectivity index (χ3v) is 3.23. The first kappa shape index (κ1) is 13.0. The summed E-state index contributed by atoms with van der Waals surface area (Å²) in [7, 11) is 0. The highest BCUT2D eigenvalue weighted by atomic mass is 32.1. The zero-order valence-electron chi connectivity index (χ0n) is 10.1. The van der Waals surface area contributed by atoms with Gasteiger partial charge in [-0.2, -0.15) is 0 Å². The summed E-state index contributed by atoms with van der Waals surface area (Å²) >= 11 is 1.73. The highest BCUT2D eigenvalue weighted by Gasteiger charge is 2.09. The molecule has 1 atom stereocenters. The third-order valence-electron chi connectivity index (χ3n) is 2.33. The molecule has 88 valence electrons. The number of allylic oxidation sites excluding steroid dienone is 1. The van der Waals surface area contributed by atoms with Crippen LogP contribution in [0.15, 0.2) is 29.2 Å². The number of amides is 1. The summed E-state index contributed by atoms with van der Waals surface area (Å²) in [6, 6.07) is 4.32. The number of hydrogen-bond acceptors (Lipinski definition) is 2. The number of rotatable bonds is 5. The first-order valence-corrected chi connectivity index (χ1v) is 6.51. The van der Waals surface area contributed by atoms with Crippen LogP contribution >= 0.6 is 11.3 Å². The zero-order chi connectivity index (χ0) is 12.0. The van der Waals surface area contributed by atoms with Crippen molar-refractivity contribution in [1.82, 2.24) is 5.32 Å². The molecule has 0 fully saturated rings. The van der Waals surface area contributed by atoms with E-state index in [-0.39, 0.29) is 11.9 Å². The molecule has 1 aromatic rings. The maximum atomic E-state index is 11.7. The predicted octanol–water partition coefficient (Wildman–Crippen LogP) is 3.15. The van der Waals surface area contributed by atoms with Gasteiger partial charge in [-0.05, 0) is 31.7 Å². The van der Waals surface area contributed by atoms with Gasteiger partial charge in [0.25, 0.3) is 0 Å². The molecule has 3 heteroatoms. The van der Waals surface area contributed by atoms with Gasteiger partial charge < -0.3 is 5.32 Å². The molecule has 16 heavy (non-hydrogen) atoms. The van der Waals surface area contributed by atoms with Gasteiger partial charge in [0.15, 0.2) is 0 Å². The maximum Gasteiger partial charge on any atom is 0.246 e. The largest absolute Gasteiger partial charge is 0.350 e.